The number of hydrogen-bond acceptors (Lipinski definition) is 5. The van der Waals surface area contributed by atoms with Crippen molar-refractivity contribution in [2.75, 3.05) is 11.9 Å². The molecule has 0 aliphatic heterocycles. The molecule has 0 bridgehead atoms. The maximum Gasteiger partial charge on any atom is 0.242 e. The van der Waals surface area contributed by atoms with E-state index in [0.29, 0.717) is 5.95 Å². The largest absolute Gasteiger partial charge is 0.353 e. The number of unbranched alkanes of at least 4 members (excludes halogenated alkanes) is 1. The normalized spacial score (nSPS) is 10.7. The molecule has 2 rings (SSSR count). The summed E-state index contributed by atoms with van der Waals surface area (Å²) in [5.41, 5.74) is 2.04. The van der Waals surface area contributed by atoms with Gasteiger partial charge in [0.05, 0.1) is 17.7 Å². The zero-order valence-electron chi connectivity index (χ0n) is 12.2. The highest BCUT2D eigenvalue weighted by molar-refractivity contribution is 5.25. The van der Waals surface area contributed by atoms with Crippen LogP contribution in [0.4, 0.5) is 5.95 Å². The number of nitrogens with zero attached hydrogens (tertiary/aromatic N) is 5. The van der Waals surface area contributed by atoms with Crippen LogP contribution in [0.2, 0.25) is 0 Å². The molecule has 108 valence electrons. The number of anilines is 1. The van der Waals surface area contributed by atoms with Gasteiger partial charge in [0.15, 0.2) is 0 Å². The van der Waals surface area contributed by atoms with E-state index in [4.69, 9.17) is 0 Å². The summed E-state index contributed by atoms with van der Waals surface area (Å²) in [5.74, 6) is 0.640. The Bertz CT molecular complexity index is 508. The van der Waals surface area contributed by atoms with Crippen LogP contribution in [0.15, 0.2) is 18.7 Å². The highest BCUT2D eigenvalue weighted by Crippen LogP contribution is 2.07. The molecule has 0 saturated heterocycles. The molecule has 0 unspecified atom stereocenters. The third-order valence-corrected chi connectivity index (χ3v) is 3.19. The fourth-order valence-corrected chi connectivity index (χ4v) is 2.05. The number of rotatable bonds is 8. The van der Waals surface area contributed by atoms with Crippen LogP contribution >= 0.6 is 0 Å². The molecule has 0 amide bonds. The average Bonchev–Trinajstić information content (AvgIpc) is 3.00. The number of imidazole rings is 1. The van der Waals surface area contributed by atoms with Gasteiger partial charge >= 0.3 is 0 Å². The van der Waals surface area contributed by atoms with Crippen molar-refractivity contribution in [3.8, 4) is 0 Å². The van der Waals surface area contributed by atoms with Crippen LogP contribution in [0.5, 0.6) is 0 Å². The number of aromatic nitrogens is 5. The quantitative estimate of drug-likeness (QED) is 0.746. The van der Waals surface area contributed by atoms with E-state index in [9.17, 15) is 0 Å². The maximum atomic E-state index is 4.51. The Balaban J connectivity index is 1.73. The van der Waals surface area contributed by atoms with Crippen molar-refractivity contribution in [1.82, 2.24) is 24.7 Å². The van der Waals surface area contributed by atoms with Crippen LogP contribution in [0, 0.1) is 0 Å². The second-order valence-electron chi connectivity index (χ2n) is 4.67. The van der Waals surface area contributed by atoms with Crippen LogP contribution in [-0.2, 0) is 19.4 Å². The molecule has 20 heavy (non-hydrogen) atoms. The van der Waals surface area contributed by atoms with Gasteiger partial charge in [-0.25, -0.2) is 9.97 Å². The van der Waals surface area contributed by atoms with E-state index in [0.717, 1.165) is 50.2 Å². The molecule has 0 saturated carbocycles. The minimum absolute atomic E-state index is 0.640. The van der Waals surface area contributed by atoms with Crippen molar-refractivity contribution in [2.45, 2.75) is 46.1 Å². The second kappa shape index (κ2) is 7.57. The molecule has 2 heterocycles. The summed E-state index contributed by atoms with van der Waals surface area (Å²) in [5, 5.41) is 11.6. The highest BCUT2D eigenvalue weighted by atomic mass is 15.2. The van der Waals surface area contributed by atoms with Gasteiger partial charge in [-0.15, -0.1) is 5.10 Å². The topological polar surface area (TPSA) is 68.5 Å². The SMILES string of the molecule is CCc1nnc(NCCCCn2ccnc2)nc1CC. The molecule has 0 atom stereocenters. The summed E-state index contributed by atoms with van der Waals surface area (Å²) in [6, 6.07) is 0. The van der Waals surface area contributed by atoms with Gasteiger partial charge < -0.3 is 9.88 Å². The van der Waals surface area contributed by atoms with Gasteiger partial charge in [-0.1, -0.05) is 13.8 Å². The predicted molar refractivity (Wildman–Crippen MR) is 78.5 cm³/mol. The molecule has 1 N–H and O–H groups in total. The van der Waals surface area contributed by atoms with Crippen molar-refractivity contribution in [3.05, 3.63) is 30.1 Å². The third-order valence-electron chi connectivity index (χ3n) is 3.19. The third kappa shape index (κ3) is 4.01. The van der Waals surface area contributed by atoms with Gasteiger partial charge in [-0.3, -0.25) is 0 Å². The zero-order valence-corrected chi connectivity index (χ0v) is 12.2. The molecular formula is C14H22N6. The van der Waals surface area contributed by atoms with Gasteiger partial charge in [0.25, 0.3) is 0 Å². The van der Waals surface area contributed by atoms with Crippen LogP contribution < -0.4 is 5.32 Å². The van der Waals surface area contributed by atoms with Crippen molar-refractivity contribution in [3.63, 3.8) is 0 Å². The van der Waals surface area contributed by atoms with Crippen LogP contribution in [0.1, 0.15) is 38.1 Å². The van der Waals surface area contributed by atoms with Crippen LogP contribution in [0.3, 0.4) is 0 Å². The van der Waals surface area contributed by atoms with Gasteiger partial charge in [0.1, 0.15) is 0 Å². The number of nitrogens with one attached hydrogen (secondary N) is 1. The Morgan fingerprint density at radius 3 is 2.65 bits per heavy atom. The highest BCUT2D eigenvalue weighted by Gasteiger charge is 2.05. The molecule has 0 spiro atoms. The van der Waals surface area contributed by atoms with E-state index >= 15 is 0 Å². The molecule has 6 nitrogen and oxygen atoms in total. The van der Waals surface area contributed by atoms with Gasteiger partial charge in [-0.2, -0.15) is 5.10 Å². The predicted octanol–water partition coefficient (Wildman–Crippen LogP) is 2.09. The molecule has 2 aromatic heterocycles. The molecule has 0 aliphatic carbocycles. The zero-order chi connectivity index (χ0) is 14.2. The summed E-state index contributed by atoms with van der Waals surface area (Å²) >= 11 is 0. The summed E-state index contributed by atoms with van der Waals surface area (Å²) in [6.45, 7) is 6.03. The van der Waals surface area contributed by atoms with E-state index in [1.54, 1.807) is 6.20 Å². The van der Waals surface area contributed by atoms with E-state index in [1.165, 1.54) is 0 Å². The van der Waals surface area contributed by atoms with Crippen LogP contribution in [-0.4, -0.2) is 31.3 Å². The van der Waals surface area contributed by atoms with Gasteiger partial charge in [0, 0.05) is 25.5 Å². The van der Waals surface area contributed by atoms with Gasteiger partial charge in [0.2, 0.25) is 5.95 Å². The molecule has 0 radical (unpaired) electrons. The minimum atomic E-state index is 0.640. The van der Waals surface area contributed by atoms with Crippen molar-refractivity contribution in [1.29, 1.82) is 0 Å². The fourth-order valence-electron chi connectivity index (χ4n) is 2.05. The van der Waals surface area contributed by atoms with E-state index < -0.39 is 0 Å². The lowest BCUT2D eigenvalue weighted by molar-refractivity contribution is 0.619. The first-order valence-corrected chi connectivity index (χ1v) is 7.25. The standard InChI is InChI=1S/C14H22N6/c1-3-12-13(4-2)18-19-14(17-12)16-7-5-6-9-20-10-8-15-11-20/h8,10-11H,3-7,9H2,1-2H3,(H,16,17,19). The minimum Gasteiger partial charge on any atom is -0.353 e. The summed E-state index contributed by atoms with van der Waals surface area (Å²) < 4.78 is 2.09. The lowest BCUT2D eigenvalue weighted by atomic mass is 10.2. The van der Waals surface area contributed by atoms with Gasteiger partial charge in [-0.05, 0) is 25.7 Å². The monoisotopic (exact) mass is 274 g/mol. The smallest absolute Gasteiger partial charge is 0.242 e. The first kappa shape index (κ1) is 14.4. The Labute approximate surface area is 119 Å². The molecule has 2 aromatic rings. The summed E-state index contributed by atoms with van der Waals surface area (Å²) in [6.07, 6.45) is 9.58. The van der Waals surface area contributed by atoms with E-state index in [1.807, 2.05) is 12.5 Å². The Morgan fingerprint density at radius 1 is 1.10 bits per heavy atom. The van der Waals surface area contributed by atoms with Crippen molar-refractivity contribution in [2.24, 2.45) is 0 Å². The van der Waals surface area contributed by atoms with E-state index in [2.05, 4.69) is 43.9 Å². The lowest BCUT2D eigenvalue weighted by Crippen LogP contribution is -2.11. The fraction of sp³-hybridized carbons (Fsp3) is 0.571. The number of aryl methyl sites for hydroxylation is 3. The molecule has 6 heteroatoms. The molecular weight excluding hydrogens is 252 g/mol. The molecule has 0 aromatic carbocycles. The lowest BCUT2D eigenvalue weighted by Gasteiger charge is -2.08. The van der Waals surface area contributed by atoms with Crippen molar-refractivity contribution >= 4 is 5.95 Å². The Morgan fingerprint density at radius 2 is 1.95 bits per heavy atom. The average molecular weight is 274 g/mol. The van der Waals surface area contributed by atoms with Crippen LogP contribution in [0.25, 0.3) is 0 Å². The number of hydrogen-bond donors (Lipinski definition) is 1. The second-order valence-corrected chi connectivity index (χ2v) is 4.67. The summed E-state index contributed by atoms with van der Waals surface area (Å²) in [4.78, 5) is 8.53. The summed E-state index contributed by atoms with van der Waals surface area (Å²) in [7, 11) is 0. The maximum absolute atomic E-state index is 4.51. The molecule has 0 aliphatic rings. The first-order valence-electron chi connectivity index (χ1n) is 7.25. The molecule has 0 fully saturated rings. The Kier molecular flexibility index (Phi) is 5.46. The first-order chi connectivity index (χ1) is 9.83. The Hall–Kier alpha value is -1.98. The van der Waals surface area contributed by atoms with E-state index in [-0.39, 0.29) is 0 Å². The van der Waals surface area contributed by atoms with Crippen molar-refractivity contribution < 1.29 is 0 Å².